The summed E-state index contributed by atoms with van der Waals surface area (Å²) < 4.78 is 39.4. The minimum Gasteiger partial charge on any atom is -0.496 e. The number of rotatable bonds is 9. The first-order valence-corrected chi connectivity index (χ1v) is 14.1. The third-order valence-electron chi connectivity index (χ3n) is 6.92. The molecule has 5 rings (SSSR count). The number of ether oxygens (including phenoxy) is 1. The molecule has 1 aromatic heterocycles. The van der Waals surface area contributed by atoms with Crippen LogP contribution >= 0.6 is 0 Å². The summed E-state index contributed by atoms with van der Waals surface area (Å²) in [5.74, 6) is 1.07. The Kier molecular flexibility index (Phi) is 7.49. The zero-order valence-corrected chi connectivity index (χ0v) is 22.7. The van der Waals surface area contributed by atoms with Crippen molar-refractivity contribution in [2.75, 3.05) is 20.2 Å². The highest BCUT2D eigenvalue weighted by Gasteiger charge is 2.41. The zero-order valence-electron chi connectivity index (χ0n) is 21.9. The molecule has 9 nitrogen and oxygen atoms in total. The van der Waals surface area contributed by atoms with Crippen molar-refractivity contribution in [1.82, 2.24) is 19.3 Å². The van der Waals surface area contributed by atoms with Gasteiger partial charge >= 0.3 is 0 Å². The summed E-state index contributed by atoms with van der Waals surface area (Å²) in [4.78, 5) is 19.9. The third kappa shape index (κ3) is 5.30. The summed E-state index contributed by atoms with van der Waals surface area (Å²) in [6.07, 6.45) is 2.62. The van der Waals surface area contributed by atoms with Crippen LogP contribution in [0, 0.1) is 6.92 Å². The summed E-state index contributed by atoms with van der Waals surface area (Å²) >= 11 is 0. The van der Waals surface area contributed by atoms with Gasteiger partial charge in [0, 0.05) is 18.7 Å². The van der Waals surface area contributed by atoms with E-state index in [0.717, 1.165) is 27.6 Å². The molecule has 1 amide bonds. The van der Waals surface area contributed by atoms with Gasteiger partial charge in [-0.25, -0.2) is 8.42 Å². The smallest absolute Gasteiger partial charge is 0.246 e. The number of hydrogen-bond acceptors (Lipinski definition) is 7. The molecular formula is C29H30N4O5S. The minimum absolute atomic E-state index is 0.0351. The lowest BCUT2D eigenvalue weighted by molar-refractivity contribution is -0.135. The first kappa shape index (κ1) is 26.6. The van der Waals surface area contributed by atoms with Crippen molar-refractivity contribution in [3.05, 3.63) is 84.8 Å². The highest BCUT2D eigenvalue weighted by Crippen LogP contribution is 2.30. The number of sulfonamides is 1. The number of amides is 1. The van der Waals surface area contributed by atoms with Gasteiger partial charge in [-0.2, -0.15) is 9.29 Å². The maximum absolute atomic E-state index is 13.7. The maximum Gasteiger partial charge on any atom is 0.246 e. The van der Waals surface area contributed by atoms with Crippen molar-refractivity contribution >= 4 is 26.7 Å². The number of carbonyl (C=O) groups is 1. The summed E-state index contributed by atoms with van der Waals surface area (Å²) in [5.41, 5.74) is 1.69. The van der Waals surface area contributed by atoms with E-state index in [1.807, 2.05) is 49.4 Å². The number of carbonyl (C=O) groups excluding carboxylic acids is 1. The Morgan fingerprint density at radius 3 is 2.72 bits per heavy atom. The lowest BCUT2D eigenvalue weighted by Gasteiger charge is -2.28. The molecule has 0 N–H and O–H groups in total. The van der Waals surface area contributed by atoms with Crippen molar-refractivity contribution in [3.8, 4) is 17.1 Å². The summed E-state index contributed by atoms with van der Waals surface area (Å²) in [6.45, 7) is 6.21. The van der Waals surface area contributed by atoms with Crippen molar-refractivity contribution in [2.45, 2.75) is 37.2 Å². The first-order chi connectivity index (χ1) is 18.8. The Bertz CT molecular complexity index is 1630. The topological polar surface area (TPSA) is 106 Å². The molecule has 0 bridgehead atoms. The van der Waals surface area contributed by atoms with Crippen LogP contribution in [0.2, 0.25) is 0 Å². The number of nitrogens with zero attached hydrogens (tertiary/aromatic N) is 4. The second-order valence-corrected chi connectivity index (χ2v) is 11.4. The Morgan fingerprint density at radius 1 is 1.18 bits per heavy atom. The lowest BCUT2D eigenvalue weighted by Crippen LogP contribution is -2.47. The summed E-state index contributed by atoms with van der Waals surface area (Å²) in [5, 5.41) is 5.85. The van der Waals surface area contributed by atoms with Crippen molar-refractivity contribution < 1.29 is 22.5 Å². The maximum atomic E-state index is 13.7. The molecule has 1 atom stereocenters. The molecule has 0 aliphatic carbocycles. The lowest BCUT2D eigenvalue weighted by atomic mass is 10.1. The Labute approximate surface area is 227 Å². The van der Waals surface area contributed by atoms with Gasteiger partial charge in [-0.1, -0.05) is 41.6 Å². The fraction of sp³-hybridized carbons (Fsp3) is 0.276. The van der Waals surface area contributed by atoms with Crippen LogP contribution in [0.25, 0.3) is 22.2 Å². The molecule has 2 heterocycles. The predicted octanol–water partition coefficient (Wildman–Crippen LogP) is 4.57. The SMILES string of the molecule is C=CCN(Cc1nc(-c2ccc(OC)c(C)c2)no1)C(=O)C1CCCN1S(=O)(=O)c1ccc2ccccc2c1. The number of benzene rings is 3. The molecule has 1 fully saturated rings. The number of methoxy groups -OCH3 is 1. The highest BCUT2D eigenvalue weighted by atomic mass is 32.2. The molecule has 1 unspecified atom stereocenters. The van der Waals surface area contributed by atoms with Gasteiger partial charge in [0.05, 0.1) is 12.0 Å². The van der Waals surface area contributed by atoms with E-state index in [1.165, 1.54) is 9.21 Å². The highest BCUT2D eigenvalue weighted by molar-refractivity contribution is 7.89. The van der Waals surface area contributed by atoms with E-state index < -0.39 is 16.1 Å². The van der Waals surface area contributed by atoms with E-state index in [-0.39, 0.29) is 36.3 Å². The van der Waals surface area contributed by atoms with Crippen LogP contribution in [0.4, 0.5) is 0 Å². The molecule has 0 radical (unpaired) electrons. The van der Waals surface area contributed by atoms with Crippen LogP contribution in [-0.4, -0.2) is 59.9 Å². The van der Waals surface area contributed by atoms with Crippen LogP contribution in [0.3, 0.4) is 0 Å². The minimum atomic E-state index is -3.89. The second kappa shape index (κ2) is 11.0. The number of fused-ring (bicyclic) bond motifs is 1. The fourth-order valence-corrected chi connectivity index (χ4v) is 6.64. The molecule has 39 heavy (non-hydrogen) atoms. The summed E-state index contributed by atoms with van der Waals surface area (Å²) in [6, 6.07) is 17.4. The van der Waals surface area contributed by atoms with E-state index in [2.05, 4.69) is 16.7 Å². The van der Waals surface area contributed by atoms with Crippen LogP contribution in [0.15, 0.2) is 82.7 Å². The number of aryl methyl sites for hydroxylation is 1. The normalized spacial score (nSPS) is 15.9. The number of hydrogen-bond donors (Lipinski definition) is 0. The van der Waals surface area contributed by atoms with Crippen molar-refractivity contribution in [3.63, 3.8) is 0 Å². The molecule has 10 heteroatoms. The van der Waals surface area contributed by atoms with Gasteiger partial charge in [0.2, 0.25) is 27.6 Å². The quantitative estimate of drug-likeness (QED) is 0.283. The van der Waals surface area contributed by atoms with Gasteiger partial charge in [0.1, 0.15) is 18.3 Å². The fourth-order valence-electron chi connectivity index (χ4n) is 4.95. The van der Waals surface area contributed by atoms with Crippen molar-refractivity contribution in [1.29, 1.82) is 0 Å². The van der Waals surface area contributed by atoms with E-state index in [4.69, 9.17) is 9.26 Å². The molecular weight excluding hydrogens is 516 g/mol. The Balaban J connectivity index is 1.36. The van der Waals surface area contributed by atoms with E-state index >= 15 is 0 Å². The molecule has 0 saturated carbocycles. The predicted molar refractivity (Wildman–Crippen MR) is 147 cm³/mol. The van der Waals surface area contributed by atoms with Crippen LogP contribution in [0.1, 0.15) is 24.3 Å². The standard InChI is InChI=1S/C29H30N4O5S/c1-4-15-32(19-27-30-28(31-38-27)23-12-14-26(37-3)20(2)17-23)29(34)25-10-7-16-33(25)39(35,36)24-13-11-21-8-5-6-9-22(21)18-24/h4-6,8-9,11-14,17-18,25H,1,7,10,15-16,19H2,2-3H3. The molecule has 0 spiro atoms. The largest absolute Gasteiger partial charge is 0.496 e. The molecule has 4 aromatic rings. The van der Waals surface area contributed by atoms with Gasteiger partial charge in [-0.3, -0.25) is 4.79 Å². The van der Waals surface area contributed by atoms with Gasteiger partial charge in [0.15, 0.2) is 0 Å². The monoisotopic (exact) mass is 546 g/mol. The Morgan fingerprint density at radius 2 is 1.97 bits per heavy atom. The van der Waals surface area contributed by atoms with Gasteiger partial charge in [-0.15, -0.1) is 6.58 Å². The average molecular weight is 547 g/mol. The molecule has 3 aromatic carbocycles. The third-order valence-corrected chi connectivity index (χ3v) is 8.83. The Hall–Kier alpha value is -4.02. The average Bonchev–Trinajstić information content (AvgIpc) is 3.63. The molecule has 1 aliphatic rings. The molecule has 1 aliphatic heterocycles. The molecule has 202 valence electrons. The van der Waals surface area contributed by atoms with Crippen LogP contribution in [0.5, 0.6) is 5.75 Å². The van der Waals surface area contributed by atoms with Crippen molar-refractivity contribution in [2.24, 2.45) is 0 Å². The van der Waals surface area contributed by atoms with E-state index in [9.17, 15) is 13.2 Å². The zero-order chi connectivity index (χ0) is 27.6. The van der Waals surface area contributed by atoms with Gasteiger partial charge in [0.25, 0.3) is 0 Å². The van der Waals surface area contributed by atoms with E-state index in [1.54, 1.807) is 31.4 Å². The van der Waals surface area contributed by atoms with E-state index in [0.29, 0.717) is 18.7 Å². The van der Waals surface area contributed by atoms with Crippen LogP contribution < -0.4 is 4.74 Å². The molecule has 1 saturated heterocycles. The van der Waals surface area contributed by atoms with Crippen LogP contribution in [-0.2, 0) is 21.4 Å². The summed E-state index contributed by atoms with van der Waals surface area (Å²) in [7, 11) is -2.28. The first-order valence-electron chi connectivity index (χ1n) is 12.7. The second-order valence-electron chi connectivity index (χ2n) is 9.49. The van der Waals surface area contributed by atoms with Gasteiger partial charge in [-0.05, 0) is 66.4 Å². The van der Waals surface area contributed by atoms with Gasteiger partial charge < -0.3 is 14.2 Å². The number of aromatic nitrogens is 2.